The molecule has 2 N–H and O–H groups in total. The molecule has 1 saturated heterocycles. The second-order valence-corrected chi connectivity index (χ2v) is 6.26. The highest BCUT2D eigenvalue weighted by Gasteiger charge is 2.28. The summed E-state index contributed by atoms with van der Waals surface area (Å²) in [6.45, 7) is 9.40. The van der Waals surface area contributed by atoms with Crippen LogP contribution in [0.2, 0.25) is 0 Å². The summed E-state index contributed by atoms with van der Waals surface area (Å²) in [5.41, 5.74) is -0.471. The topological polar surface area (TPSA) is 61.8 Å². The largest absolute Gasteiger partial charge is 0.444 e. The third-order valence-electron chi connectivity index (χ3n) is 3.37. The summed E-state index contributed by atoms with van der Waals surface area (Å²) in [7, 11) is 0. The average Bonchev–Trinajstić information content (AvgIpc) is 2.27. The fourth-order valence-electron chi connectivity index (χ4n) is 2.58. The quantitative estimate of drug-likeness (QED) is 0.818. The van der Waals surface area contributed by atoms with Crippen LogP contribution in [0.1, 0.15) is 47.0 Å². The molecular weight excluding hydrogens is 244 g/mol. The molecule has 19 heavy (non-hydrogen) atoms. The van der Waals surface area contributed by atoms with E-state index in [0.717, 1.165) is 19.4 Å². The van der Waals surface area contributed by atoms with E-state index in [1.54, 1.807) is 0 Å². The summed E-state index contributed by atoms with van der Waals surface area (Å²) >= 11 is 0. The van der Waals surface area contributed by atoms with Gasteiger partial charge in [0.05, 0.1) is 6.61 Å². The van der Waals surface area contributed by atoms with Crippen molar-refractivity contribution in [2.45, 2.75) is 64.6 Å². The maximum Gasteiger partial charge on any atom is 0.407 e. The Hall–Kier alpha value is -0.810. The van der Waals surface area contributed by atoms with Gasteiger partial charge in [-0.05, 0) is 47.1 Å². The van der Waals surface area contributed by atoms with Crippen LogP contribution >= 0.6 is 0 Å². The summed E-state index contributed by atoms with van der Waals surface area (Å²) in [6.07, 6.45) is 3.02. The van der Waals surface area contributed by atoms with E-state index in [-0.39, 0.29) is 24.8 Å². The SMILES string of the molecule is C[C@H](NC(=O)OC(C)(C)C)[C@H]1CCCCN1CCO. The number of hydrogen-bond acceptors (Lipinski definition) is 4. The molecule has 0 aromatic carbocycles. The maximum atomic E-state index is 11.8. The number of hydrogen-bond donors (Lipinski definition) is 2. The highest BCUT2D eigenvalue weighted by Crippen LogP contribution is 2.19. The lowest BCUT2D eigenvalue weighted by molar-refractivity contribution is 0.0428. The van der Waals surface area contributed by atoms with E-state index in [2.05, 4.69) is 10.2 Å². The second-order valence-electron chi connectivity index (χ2n) is 6.26. The fourth-order valence-corrected chi connectivity index (χ4v) is 2.58. The Morgan fingerprint density at radius 2 is 2.16 bits per heavy atom. The predicted octanol–water partition coefficient (Wildman–Crippen LogP) is 1.75. The number of β-amino-alcohol motifs (C(OH)–C–C–N with tert-alkyl or cyclic N) is 1. The number of piperidine rings is 1. The molecular formula is C14H28N2O3. The van der Waals surface area contributed by atoms with Gasteiger partial charge in [0.15, 0.2) is 0 Å². The van der Waals surface area contributed by atoms with Crippen LogP contribution in [0, 0.1) is 0 Å². The Labute approximate surface area is 116 Å². The van der Waals surface area contributed by atoms with Gasteiger partial charge in [-0.3, -0.25) is 4.90 Å². The van der Waals surface area contributed by atoms with Gasteiger partial charge in [0.1, 0.15) is 5.60 Å². The van der Waals surface area contributed by atoms with Gasteiger partial charge in [-0.15, -0.1) is 0 Å². The van der Waals surface area contributed by atoms with Crippen molar-refractivity contribution in [1.29, 1.82) is 0 Å². The van der Waals surface area contributed by atoms with Crippen LogP contribution in [0.25, 0.3) is 0 Å². The van der Waals surface area contributed by atoms with Gasteiger partial charge >= 0.3 is 6.09 Å². The van der Waals surface area contributed by atoms with Gasteiger partial charge in [-0.25, -0.2) is 4.79 Å². The van der Waals surface area contributed by atoms with E-state index in [1.807, 2.05) is 27.7 Å². The van der Waals surface area contributed by atoms with E-state index in [9.17, 15) is 4.79 Å². The van der Waals surface area contributed by atoms with Crippen molar-refractivity contribution in [2.24, 2.45) is 0 Å². The number of carbonyl (C=O) groups excluding carboxylic acids is 1. The first kappa shape index (κ1) is 16.2. The molecule has 5 heteroatoms. The van der Waals surface area contributed by atoms with Crippen molar-refractivity contribution in [3.8, 4) is 0 Å². The summed E-state index contributed by atoms with van der Waals surface area (Å²) in [6, 6.07) is 0.315. The molecule has 0 radical (unpaired) electrons. The minimum Gasteiger partial charge on any atom is -0.444 e. The Balaban J connectivity index is 2.50. The summed E-state index contributed by atoms with van der Waals surface area (Å²) in [4.78, 5) is 14.0. The van der Waals surface area contributed by atoms with Crippen molar-refractivity contribution < 1.29 is 14.6 Å². The number of ether oxygens (including phenoxy) is 1. The molecule has 1 aliphatic rings. The smallest absolute Gasteiger partial charge is 0.407 e. The van der Waals surface area contributed by atoms with Gasteiger partial charge < -0.3 is 15.2 Å². The lowest BCUT2D eigenvalue weighted by Gasteiger charge is -2.39. The summed E-state index contributed by atoms with van der Waals surface area (Å²) < 4.78 is 5.28. The number of carbonyl (C=O) groups is 1. The summed E-state index contributed by atoms with van der Waals surface area (Å²) in [5.74, 6) is 0. The number of alkyl carbamates (subject to hydrolysis) is 1. The molecule has 0 spiro atoms. The zero-order valence-electron chi connectivity index (χ0n) is 12.6. The first-order chi connectivity index (χ1) is 8.83. The van der Waals surface area contributed by atoms with Crippen LogP contribution in [0.5, 0.6) is 0 Å². The van der Waals surface area contributed by atoms with E-state index < -0.39 is 5.60 Å². The molecule has 1 heterocycles. The predicted molar refractivity (Wildman–Crippen MR) is 75.1 cm³/mol. The van der Waals surface area contributed by atoms with Crippen molar-refractivity contribution in [2.75, 3.05) is 19.7 Å². The van der Waals surface area contributed by atoms with Crippen LogP contribution in [0.4, 0.5) is 4.79 Å². The van der Waals surface area contributed by atoms with Gasteiger partial charge in [-0.2, -0.15) is 0 Å². The first-order valence-electron chi connectivity index (χ1n) is 7.18. The van der Waals surface area contributed by atoms with Crippen LogP contribution in [0.15, 0.2) is 0 Å². The number of aliphatic hydroxyl groups excluding tert-OH is 1. The van der Waals surface area contributed by atoms with Crippen molar-refractivity contribution in [3.05, 3.63) is 0 Å². The van der Waals surface area contributed by atoms with E-state index >= 15 is 0 Å². The number of aliphatic hydroxyl groups is 1. The third kappa shape index (κ3) is 5.78. The van der Waals surface area contributed by atoms with Gasteiger partial charge in [0, 0.05) is 18.6 Å². The van der Waals surface area contributed by atoms with Crippen LogP contribution in [0.3, 0.4) is 0 Å². The lowest BCUT2D eigenvalue weighted by atomic mass is 9.96. The monoisotopic (exact) mass is 272 g/mol. The fraction of sp³-hybridized carbons (Fsp3) is 0.929. The molecule has 1 fully saturated rings. The standard InChI is InChI=1S/C14H28N2O3/c1-11(15-13(18)19-14(2,3)4)12-7-5-6-8-16(12)9-10-17/h11-12,17H,5-10H2,1-4H3,(H,15,18)/t11-,12+/m0/s1. The highest BCUT2D eigenvalue weighted by molar-refractivity contribution is 5.68. The number of nitrogens with one attached hydrogen (secondary N) is 1. The minimum atomic E-state index is -0.471. The van der Waals surface area contributed by atoms with Gasteiger partial charge in [-0.1, -0.05) is 6.42 Å². The molecule has 5 nitrogen and oxygen atoms in total. The number of nitrogens with zero attached hydrogens (tertiary/aromatic N) is 1. The first-order valence-corrected chi connectivity index (χ1v) is 7.18. The molecule has 112 valence electrons. The lowest BCUT2D eigenvalue weighted by Crippen LogP contribution is -2.53. The number of likely N-dealkylation sites (tertiary alicyclic amines) is 1. The molecule has 1 rings (SSSR count). The average molecular weight is 272 g/mol. The van der Waals surface area contributed by atoms with E-state index in [1.165, 1.54) is 6.42 Å². The van der Waals surface area contributed by atoms with Crippen LogP contribution in [-0.2, 0) is 4.74 Å². The zero-order chi connectivity index (χ0) is 14.5. The molecule has 0 bridgehead atoms. The molecule has 0 saturated carbocycles. The number of rotatable bonds is 4. The molecule has 1 amide bonds. The van der Waals surface area contributed by atoms with Crippen LogP contribution < -0.4 is 5.32 Å². The van der Waals surface area contributed by atoms with Crippen molar-refractivity contribution >= 4 is 6.09 Å². The molecule has 0 aliphatic carbocycles. The Morgan fingerprint density at radius 1 is 1.47 bits per heavy atom. The Bertz CT molecular complexity index is 287. The molecule has 0 aromatic rings. The third-order valence-corrected chi connectivity index (χ3v) is 3.37. The van der Waals surface area contributed by atoms with Crippen LogP contribution in [-0.4, -0.2) is 53.5 Å². The second kappa shape index (κ2) is 7.10. The normalized spacial score (nSPS) is 22.9. The number of amides is 1. The highest BCUT2D eigenvalue weighted by atomic mass is 16.6. The molecule has 0 unspecified atom stereocenters. The molecule has 1 aliphatic heterocycles. The Kier molecular flexibility index (Phi) is 6.07. The van der Waals surface area contributed by atoms with Crippen molar-refractivity contribution in [1.82, 2.24) is 10.2 Å². The van der Waals surface area contributed by atoms with E-state index in [0.29, 0.717) is 6.54 Å². The minimum absolute atomic E-state index is 0.0294. The van der Waals surface area contributed by atoms with Crippen molar-refractivity contribution in [3.63, 3.8) is 0 Å². The molecule has 2 atom stereocenters. The molecule has 0 aromatic heterocycles. The Morgan fingerprint density at radius 3 is 2.74 bits per heavy atom. The van der Waals surface area contributed by atoms with E-state index in [4.69, 9.17) is 9.84 Å². The van der Waals surface area contributed by atoms with Gasteiger partial charge in [0.2, 0.25) is 0 Å². The zero-order valence-corrected chi connectivity index (χ0v) is 12.6. The van der Waals surface area contributed by atoms with Gasteiger partial charge in [0.25, 0.3) is 0 Å². The maximum absolute atomic E-state index is 11.8. The summed E-state index contributed by atoms with van der Waals surface area (Å²) in [5, 5.41) is 12.0.